The fourth-order valence-corrected chi connectivity index (χ4v) is 1.30. The topological polar surface area (TPSA) is 76.7 Å². The Morgan fingerprint density at radius 1 is 1.25 bits per heavy atom. The minimum absolute atomic E-state index is 0.561. The molecule has 16 heavy (non-hydrogen) atoms. The lowest BCUT2D eigenvalue weighted by Gasteiger charge is -2.06. The van der Waals surface area contributed by atoms with Gasteiger partial charge in [-0.3, -0.25) is 4.98 Å². The van der Waals surface area contributed by atoms with E-state index in [1.54, 1.807) is 18.6 Å². The standard InChI is InChI=1S/C11H13N5/c1-8-4-13-3-2-9(8)5-14-11-15-6-10(12)7-16-11/h2-4,6-7H,5,12H2,1H3,(H,14,15,16). The molecule has 2 aromatic heterocycles. The zero-order valence-electron chi connectivity index (χ0n) is 9.01. The van der Waals surface area contributed by atoms with Gasteiger partial charge < -0.3 is 11.1 Å². The van der Waals surface area contributed by atoms with Gasteiger partial charge in [0.15, 0.2) is 0 Å². The number of anilines is 2. The summed E-state index contributed by atoms with van der Waals surface area (Å²) in [7, 11) is 0. The number of nitrogen functional groups attached to an aromatic ring is 1. The minimum atomic E-state index is 0.561. The summed E-state index contributed by atoms with van der Waals surface area (Å²) < 4.78 is 0. The van der Waals surface area contributed by atoms with Crippen LogP contribution in [0.4, 0.5) is 11.6 Å². The third kappa shape index (κ3) is 2.44. The second-order valence-corrected chi connectivity index (χ2v) is 3.50. The molecule has 5 nitrogen and oxygen atoms in total. The predicted octanol–water partition coefficient (Wildman–Crippen LogP) is 1.37. The van der Waals surface area contributed by atoms with Crippen LogP contribution in [0.5, 0.6) is 0 Å². The monoisotopic (exact) mass is 215 g/mol. The molecule has 0 fully saturated rings. The van der Waals surface area contributed by atoms with Crippen LogP contribution < -0.4 is 11.1 Å². The molecule has 2 heterocycles. The molecule has 5 heteroatoms. The third-order valence-corrected chi connectivity index (χ3v) is 2.25. The normalized spacial score (nSPS) is 10.1. The zero-order chi connectivity index (χ0) is 11.4. The van der Waals surface area contributed by atoms with Crippen molar-refractivity contribution in [3.05, 3.63) is 42.0 Å². The summed E-state index contributed by atoms with van der Waals surface area (Å²) in [5.74, 6) is 0.574. The highest BCUT2D eigenvalue weighted by molar-refractivity contribution is 5.36. The molecule has 0 radical (unpaired) electrons. The highest BCUT2D eigenvalue weighted by Gasteiger charge is 1.99. The van der Waals surface area contributed by atoms with E-state index in [-0.39, 0.29) is 0 Å². The lowest BCUT2D eigenvalue weighted by molar-refractivity contribution is 1.03. The zero-order valence-corrected chi connectivity index (χ0v) is 9.01. The molecule has 0 aliphatic carbocycles. The summed E-state index contributed by atoms with van der Waals surface area (Å²) in [4.78, 5) is 12.2. The Labute approximate surface area is 93.8 Å². The molecular formula is C11H13N5. The van der Waals surface area contributed by atoms with Crippen molar-refractivity contribution >= 4 is 11.6 Å². The van der Waals surface area contributed by atoms with Crippen molar-refractivity contribution in [2.24, 2.45) is 0 Å². The Morgan fingerprint density at radius 3 is 2.69 bits per heavy atom. The number of hydrogen-bond donors (Lipinski definition) is 2. The SMILES string of the molecule is Cc1cnccc1CNc1ncc(N)cn1. The summed E-state index contributed by atoms with van der Waals surface area (Å²) in [6.45, 7) is 2.70. The van der Waals surface area contributed by atoms with Gasteiger partial charge in [-0.2, -0.15) is 0 Å². The molecule has 82 valence electrons. The van der Waals surface area contributed by atoms with E-state index in [1.165, 1.54) is 5.56 Å². The predicted molar refractivity (Wildman–Crippen MR) is 62.7 cm³/mol. The molecule has 0 aliphatic rings. The Balaban J connectivity index is 2.02. The highest BCUT2D eigenvalue weighted by Crippen LogP contribution is 2.07. The minimum Gasteiger partial charge on any atom is -0.396 e. The largest absolute Gasteiger partial charge is 0.396 e. The van der Waals surface area contributed by atoms with E-state index < -0.39 is 0 Å². The van der Waals surface area contributed by atoms with Crippen LogP contribution in [0.1, 0.15) is 11.1 Å². The van der Waals surface area contributed by atoms with E-state index in [0.29, 0.717) is 18.2 Å². The van der Waals surface area contributed by atoms with Crippen LogP contribution in [0.25, 0.3) is 0 Å². The van der Waals surface area contributed by atoms with Gasteiger partial charge in [0.1, 0.15) is 0 Å². The number of rotatable bonds is 3. The van der Waals surface area contributed by atoms with E-state index in [0.717, 1.165) is 5.56 Å². The summed E-state index contributed by atoms with van der Waals surface area (Å²) in [6.07, 6.45) is 6.76. The fraction of sp³-hybridized carbons (Fsp3) is 0.182. The van der Waals surface area contributed by atoms with Gasteiger partial charge in [-0.1, -0.05) is 0 Å². The van der Waals surface area contributed by atoms with Crippen LogP contribution in [0.2, 0.25) is 0 Å². The summed E-state index contributed by atoms with van der Waals surface area (Å²) in [6, 6.07) is 1.97. The molecule has 3 N–H and O–H groups in total. The van der Waals surface area contributed by atoms with Crippen LogP contribution in [0.3, 0.4) is 0 Å². The van der Waals surface area contributed by atoms with Gasteiger partial charge in [0, 0.05) is 18.9 Å². The first-order valence-corrected chi connectivity index (χ1v) is 4.96. The number of nitrogens with two attached hydrogens (primary N) is 1. The maximum Gasteiger partial charge on any atom is 0.222 e. The first-order chi connectivity index (χ1) is 7.75. The average molecular weight is 215 g/mol. The smallest absolute Gasteiger partial charge is 0.222 e. The van der Waals surface area contributed by atoms with Gasteiger partial charge in [-0.05, 0) is 24.1 Å². The first-order valence-electron chi connectivity index (χ1n) is 4.96. The van der Waals surface area contributed by atoms with Crippen LogP contribution in [-0.4, -0.2) is 15.0 Å². The molecule has 0 spiro atoms. The maximum atomic E-state index is 5.50. The van der Waals surface area contributed by atoms with Gasteiger partial charge >= 0.3 is 0 Å². The quantitative estimate of drug-likeness (QED) is 0.808. The number of aryl methyl sites for hydroxylation is 1. The van der Waals surface area contributed by atoms with Crippen molar-refractivity contribution in [3.8, 4) is 0 Å². The molecule has 0 saturated heterocycles. The molecule has 2 rings (SSSR count). The van der Waals surface area contributed by atoms with E-state index in [2.05, 4.69) is 20.3 Å². The van der Waals surface area contributed by atoms with Crippen molar-refractivity contribution in [1.82, 2.24) is 15.0 Å². The van der Waals surface area contributed by atoms with Crippen molar-refractivity contribution < 1.29 is 0 Å². The van der Waals surface area contributed by atoms with Gasteiger partial charge in [0.25, 0.3) is 0 Å². The number of hydrogen-bond acceptors (Lipinski definition) is 5. The van der Waals surface area contributed by atoms with Crippen molar-refractivity contribution in [1.29, 1.82) is 0 Å². The lowest BCUT2D eigenvalue weighted by Crippen LogP contribution is -2.05. The number of aromatic nitrogens is 3. The van der Waals surface area contributed by atoms with E-state index in [4.69, 9.17) is 5.73 Å². The number of nitrogens with zero attached hydrogens (tertiary/aromatic N) is 3. The van der Waals surface area contributed by atoms with E-state index in [1.807, 2.05) is 19.2 Å². The second-order valence-electron chi connectivity index (χ2n) is 3.50. The molecular weight excluding hydrogens is 202 g/mol. The Hall–Kier alpha value is -2.17. The van der Waals surface area contributed by atoms with Crippen LogP contribution in [-0.2, 0) is 6.54 Å². The average Bonchev–Trinajstić information content (AvgIpc) is 2.30. The molecule has 2 aromatic rings. The van der Waals surface area contributed by atoms with Gasteiger partial charge in [-0.15, -0.1) is 0 Å². The molecule has 0 saturated carbocycles. The van der Waals surface area contributed by atoms with Crippen molar-refractivity contribution in [2.45, 2.75) is 13.5 Å². The van der Waals surface area contributed by atoms with Crippen LogP contribution in [0, 0.1) is 6.92 Å². The van der Waals surface area contributed by atoms with Crippen LogP contribution >= 0.6 is 0 Å². The fourth-order valence-electron chi connectivity index (χ4n) is 1.30. The Kier molecular flexibility index (Phi) is 2.95. The van der Waals surface area contributed by atoms with Crippen molar-refractivity contribution in [3.63, 3.8) is 0 Å². The molecule has 0 atom stereocenters. The number of nitrogens with one attached hydrogen (secondary N) is 1. The molecule has 0 amide bonds. The third-order valence-electron chi connectivity index (χ3n) is 2.25. The molecule has 0 unspecified atom stereocenters. The molecule has 0 aliphatic heterocycles. The Bertz CT molecular complexity index is 466. The lowest BCUT2D eigenvalue weighted by atomic mass is 10.1. The van der Waals surface area contributed by atoms with Gasteiger partial charge in [0.05, 0.1) is 18.1 Å². The first kappa shape index (κ1) is 10.4. The van der Waals surface area contributed by atoms with Crippen LogP contribution in [0.15, 0.2) is 30.9 Å². The molecule has 0 bridgehead atoms. The summed E-state index contributed by atoms with van der Waals surface area (Å²) >= 11 is 0. The summed E-state index contributed by atoms with van der Waals surface area (Å²) in [5.41, 5.74) is 8.38. The van der Waals surface area contributed by atoms with Gasteiger partial charge in [0.2, 0.25) is 5.95 Å². The Morgan fingerprint density at radius 2 is 2.00 bits per heavy atom. The second kappa shape index (κ2) is 4.57. The maximum absolute atomic E-state index is 5.50. The van der Waals surface area contributed by atoms with E-state index in [9.17, 15) is 0 Å². The summed E-state index contributed by atoms with van der Waals surface area (Å²) in [5, 5.41) is 3.12. The molecule has 0 aromatic carbocycles. The highest BCUT2D eigenvalue weighted by atomic mass is 15.1. The van der Waals surface area contributed by atoms with Gasteiger partial charge in [-0.25, -0.2) is 9.97 Å². The number of pyridine rings is 1. The van der Waals surface area contributed by atoms with E-state index >= 15 is 0 Å². The van der Waals surface area contributed by atoms with Crippen molar-refractivity contribution in [2.75, 3.05) is 11.1 Å².